The molecule has 0 bridgehead atoms. The molecule has 0 saturated heterocycles. The van der Waals surface area contributed by atoms with Crippen LogP contribution in [0.5, 0.6) is 0 Å². The summed E-state index contributed by atoms with van der Waals surface area (Å²) in [5.41, 5.74) is 1.24. The highest BCUT2D eigenvalue weighted by molar-refractivity contribution is 5.10. The van der Waals surface area contributed by atoms with E-state index in [-0.39, 0.29) is 0 Å². The predicted molar refractivity (Wildman–Crippen MR) is 55.3 cm³/mol. The van der Waals surface area contributed by atoms with Crippen LogP contribution in [0.1, 0.15) is 17.3 Å². The second-order valence-corrected chi connectivity index (χ2v) is 3.46. The Morgan fingerprint density at radius 1 is 1.53 bits per heavy atom. The minimum absolute atomic E-state index is 0.630. The fourth-order valence-corrected chi connectivity index (χ4v) is 1.46. The number of aromatic nitrogens is 3. The van der Waals surface area contributed by atoms with E-state index in [1.54, 1.807) is 0 Å². The van der Waals surface area contributed by atoms with Crippen LogP contribution in [-0.2, 0) is 13.1 Å². The third-order valence-corrected chi connectivity index (χ3v) is 2.08. The molecule has 1 N–H and O–H groups in total. The molecule has 5 nitrogen and oxygen atoms in total. The second-order valence-electron chi connectivity index (χ2n) is 3.46. The molecule has 0 fully saturated rings. The van der Waals surface area contributed by atoms with E-state index < -0.39 is 0 Å². The molecule has 0 unspecified atom stereocenters. The van der Waals surface area contributed by atoms with Crippen molar-refractivity contribution < 1.29 is 4.52 Å². The normalized spacial score (nSPS) is 10.8. The average molecular weight is 206 g/mol. The lowest BCUT2D eigenvalue weighted by atomic mass is 10.3. The highest BCUT2D eigenvalue weighted by atomic mass is 16.5. The first-order valence-electron chi connectivity index (χ1n) is 4.86. The first-order chi connectivity index (χ1) is 7.28. The maximum Gasteiger partial charge on any atom is 0.246 e. The van der Waals surface area contributed by atoms with Crippen LogP contribution in [0.25, 0.3) is 0 Å². The zero-order chi connectivity index (χ0) is 10.7. The van der Waals surface area contributed by atoms with Crippen LogP contribution in [0, 0.1) is 6.92 Å². The van der Waals surface area contributed by atoms with E-state index in [2.05, 4.69) is 27.7 Å². The van der Waals surface area contributed by atoms with Crippen molar-refractivity contribution in [3.63, 3.8) is 0 Å². The standard InChI is InChI=1S/C10H14N4O/c1-8-12-10(15-13-8)7-14-4-3-9(6-14)5-11-2/h3-4,6,11H,5,7H2,1-2H3. The van der Waals surface area contributed by atoms with Gasteiger partial charge in [0.15, 0.2) is 5.82 Å². The van der Waals surface area contributed by atoms with Crippen molar-refractivity contribution in [3.05, 3.63) is 35.7 Å². The van der Waals surface area contributed by atoms with Gasteiger partial charge in [0.05, 0.1) is 0 Å². The van der Waals surface area contributed by atoms with Crippen molar-refractivity contribution in [2.45, 2.75) is 20.0 Å². The summed E-state index contributed by atoms with van der Waals surface area (Å²) in [6, 6.07) is 2.07. The van der Waals surface area contributed by atoms with Crippen LogP contribution < -0.4 is 5.32 Å². The molecular formula is C10H14N4O. The zero-order valence-electron chi connectivity index (χ0n) is 8.90. The Morgan fingerprint density at radius 2 is 2.40 bits per heavy atom. The van der Waals surface area contributed by atoms with E-state index in [9.17, 15) is 0 Å². The van der Waals surface area contributed by atoms with Crippen LogP contribution in [0.3, 0.4) is 0 Å². The molecule has 0 amide bonds. The van der Waals surface area contributed by atoms with Gasteiger partial charge in [0.1, 0.15) is 6.54 Å². The maximum absolute atomic E-state index is 5.04. The van der Waals surface area contributed by atoms with E-state index >= 15 is 0 Å². The zero-order valence-corrected chi connectivity index (χ0v) is 8.90. The molecule has 15 heavy (non-hydrogen) atoms. The van der Waals surface area contributed by atoms with E-state index in [0.29, 0.717) is 18.3 Å². The monoisotopic (exact) mass is 206 g/mol. The summed E-state index contributed by atoms with van der Waals surface area (Å²) < 4.78 is 7.07. The molecule has 5 heteroatoms. The Balaban J connectivity index is 2.04. The van der Waals surface area contributed by atoms with Crippen LogP contribution in [0.4, 0.5) is 0 Å². The average Bonchev–Trinajstić information content (AvgIpc) is 2.78. The lowest BCUT2D eigenvalue weighted by Gasteiger charge is -1.96. The van der Waals surface area contributed by atoms with Gasteiger partial charge in [0.2, 0.25) is 5.89 Å². The minimum atomic E-state index is 0.630. The molecule has 0 aromatic carbocycles. The molecule has 0 atom stereocenters. The molecule has 0 aliphatic carbocycles. The largest absolute Gasteiger partial charge is 0.345 e. The van der Waals surface area contributed by atoms with Crippen LogP contribution >= 0.6 is 0 Å². The summed E-state index contributed by atoms with van der Waals surface area (Å²) in [5, 5.41) is 6.84. The molecular weight excluding hydrogens is 192 g/mol. The molecule has 0 saturated carbocycles. The van der Waals surface area contributed by atoms with Gasteiger partial charge in [0.25, 0.3) is 0 Å². The van der Waals surface area contributed by atoms with E-state index in [4.69, 9.17) is 4.52 Å². The first kappa shape index (κ1) is 9.92. The number of rotatable bonds is 4. The molecule has 2 aromatic heterocycles. The SMILES string of the molecule is CNCc1ccn(Cc2nc(C)no2)c1. The molecule has 0 radical (unpaired) electrons. The number of nitrogens with zero attached hydrogens (tertiary/aromatic N) is 3. The smallest absolute Gasteiger partial charge is 0.246 e. The summed E-state index contributed by atoms with van der Waals surface area (Å²) >= 11 is 0. The van der Waals surface area contributed by atoms with Gasteiger partial charge in [-0.3, -0.25) is 0 Å². The Bertz CT molecular complexity index is 432. The lowest BCUT2D eigenvalue weighted by molar-refractivity contribution is 0.368. The van der Waals surface area contributed by atoms with E-state index in [1.165, 1.54) is 5.56 Å². The molecule has 2 heterocycles. The fraction of sp³-hybridized carbons (Fsp3) is 0.400. The topological polar surface area (TPSA) is 55.9 Å². The van der Waals surface area contributed by atoms with Gasteiger partial charge < -0.3 is 14.4 Å². The second kappa shape index (κ2) is 4.27. The molecule has 80 valence electrons. The van der Waals surface area contributed by atoms with E-state index in [0.717, 1.165) is 6.54 Å². The minimum Gasteiger partial charge on any atom is -0.345 e. The third-order valence-electron chi connectivity index (χ3n) is 2.08. The van der Waals surface area contributed by atoms with Crippen molar-refractivity contribution >= 4 is 0 Å². The van der Waals surface area contributed by atoms with E-state index in [1.807, 2.05) is 24.7 Å². The number of hydrogen-bond acceptors (Lipinski definition) is 4. The van der Waals surface area contributed by atoms with Crippen molar-refractivity contribution in [3.8, 4) is 0 Å². The Hall–Kier alpha value is -1.62. The van der Waals surface area contributed by atoms with Crippen molar-refractivity contribution in [2.24, 2.45) is 0 Å². The predicted octanol–water partition coefficient (Wildman–Crippen LogP) is 0.947. The summed E-state index contributed by atoms with van der Waals surface area (Å²) in [4.78, 5) is 4.15. The number of aryl methyl sites for hydroxylation is 1. The van der Waals surface area contributed by atoms with Crippen LogP contribution in [-0.4, -0.2) is 21.8 Å². The highest BCUT2D eigenvalue weighted by Gasteiger charge is 2.03. The third kappa shape index (κ3) is 2.44. The molecule has 0 aliphatic rings. The summed E-state index contributed by atoms with van der Waals surface area (Å²) in [7, 11) is 1.93. The van der Waals surface area contributed by atoms with Crippen LogP contribution in [0.2, 0.25) is 0 Å². The summed E-state index contributed by atoms with van der Waals surface area (Å²) in [6.07, 6.45) is 4.07. The van der Waals surface area contributed by atoms with Gasteiger partial charge >= 0.3 is 0 Å². The van der Waals surface area contributed by atoms with Gasteiger partial charge in [-0.15, -0.1) is 0 Å². The lowest BCUT2D eigenvalue weighted by Crippen LogP contribution is -2.04. The van der Waals surface area contributed by atoms with Crippen LogP contribution in [0.15, 0.2) is 23.0 Å². The van der Waals surface area contributed by atoms with Gasteiger partial charge in [0, 0.05) is 18.9 Å². The molecule has 0 spiro atoms. The van der Waals surface area contributed by atoms with Gasteiger partial charge in [-0.05, 0) is 25.6 Å². The fourth-order valence-electron chi connectivity index (χ4n) is 1.46. The Kier molecular flexibility index (Phi) is 2.82. The molecule has 2 rings (SSSR count). The molecule has 0 aliphatic heterocycles. The highest BCUT2D eigenvalue weighted by Crippen LogP contribution is 2.04. The molecule has 2 aromatic rings. The summed E-state index contributed by atoms with van der Waals surface area (Å²) in [5.74, 6) is 1.31. The van der Waals surface area contributed by atoms with Gasteiger partial charge in [-0.1, -0.05) is 5.16 Å². The van der Waals surface area contributed by atoms with Crippen molar-refractivity contribution in [1.82, 2.24) is 20.0 Å². The van der Waals surface area contributed by atoms with Gasteiger partial charge in [-0.25, -0.2) is 0 Å². The maximum atomic E-state index is 5.04. The first-order valence-corrected chi connectivity index (χ1v) is 4.86. The Morgan fingerprint density at radius 3 is 3.07 bits per heavy atom. The Labute approximate surface area is 88.1 Å². The van der Waals surface area contributed by atoms with Crippen molar-refractivity contribution in [1.29, 1.82) is 0 Å². The summed E-state index contributed by atoms with van der Waals surface area (Å²) in [6.45, 7) is 3.31. The number of hydrogen-bond donors (Lipinski definition) is 1. The van der Waals surface area contributed by atoms with Crippen molar-refractivity contribution in [2.75, 3.05) is 7.05 Å². The number of nitrogens with one attached hydrogen (secondary N) is 1. The quantitative estimate of drug-likeness (QED) is 0.809. The van der Waals surface area contributed by atoms with Gasteiger partial charge in [-0.2, -0.15) is 4.98 Å².